The van der Waals surface area contributed by atoms with Crippen molar-refractivity contribution in [1.29, 1.82) is 5.26 Å². The molecule has 0 aliphatic heterocycles. The third-order valence-electron chi connectivity index (χ3n) is 2.29. The minimum atomic E-state index is -3.92. The Hall–Kier alpha value is -1.87. The van der Waals surface area contributed by atoms with Crippen LogP contribution in [0.4, 0.5) is 0 Å². The van der Waals surface area contributed by atoms with Gasteiger partial charge in [-0.05, 0) is 18.6 Å². The van der Waals surface area contributed by atoms with Gasteiger partial charge < -0.3 is 0 Å². The molecule has 96 valence electrons. The fraction of sp³-hybridized carbons (Fsp3) is 0.333. The summed E-state index contributed by atoms with van der Waals surface area (Å²) in [5.41, 5.74) is 0. The number of hydrogen-bond acceptors (Lipinski definition) is 4. The Bertz CT molecular complexity index is 546. The summed E-state index contributed by atoms with van der Waals surface area (Å²) >= 11 is 0. The first-order chi connectivity index (χ1) is 8.54. The van der Waals surface area contributed by atoms with Crippen molar-refractivity contribution in [2.75, 3.05) is 6.54 Å². The number of nitriles is 1. The quantitative estimate of drug-likeness (QED) is 0.757. The van der Waals surface area contributed by atoms with Crippen LogP contribution in [0.25, 0.3) is 0 Å². The highest BCUT2D eigenvalue weighted by Gasteiger charge is 2.28. The molecule has 5 nitrogen and oxygen atoms in total. The van der Waals surface area contributed by atoms with E-state index in [1.807, 2.05) is 0 Å². The van der Waals surface area contributed by atoms with E-state index in [9.17, 15) is 13.2 Å². The predicted octanol–water partition coefficient (Wildman–Crippen LogP) is 1.53. The number of carbonyl (C=O) groups is 1. The van der Waals surface area contributed by atoms with Crippen molar-refractivity contribution in [3.05, 3.63) is 30.3 Å². The summed E-state index contributed by atoms with van der Waals surface area (Å²) < 4.78 is 25.0. The number of hydrogen-bond donors (Lipinski definition) is 0. The standard InChI is InChI=1S/C12H14N2O3S/c1-2-6-12(15)14(10-9-13)18(16,17)11-7-4-3-5-8-11/h3-5,7-8H,2,6,10H2,1H3. The smallest absolute Gasteiger partial charge is 0.267 e. The van der Waals surface area contributed by atoms with Gasteiger partial charge in [-0.15, -0.1) is 0 Å². The van der Waals surface area contributed by atoms with E-state index in [0.29, 0.717) is 10.7 Å². The zero-order valence-corrected chi connectivity index (χ0v) is 10.9. The number of amides is 1. The summed E-state index contributed by atoms with van der Waals surface area (Å²) in [6.45, 7) is 1.31. The SMILES string of the molecule is CCCC(=O)N(CC#N)S(=O)(=O)c1ccccc1. The Morgan fingerprint density at radius 3 is 2.44 bits per heavy atom. The van der Waals surface area contributed by atoms with Crippen LogP contribution in [0.2, 0.25) is 0 Å². The molecule has 0 radical (unpaired) electrons. The first-order valence-electron chi connectivity index (χ1n) is 5.51. The molecule has 0 aliphatic rings. The Balaban J connectivity index is 3.14. The van der Waals surface area contributed by atoms with Gasteiger partial charge in [-0.1, -0.05) is 25.1 Å². The molecule has 0 spiro atoms. The normalized spacial score (nSPS) is 10.7. The van der Waals surface area contributed by atoms with Gasteiger partial charge in [0.15, 0.2) is 0 Å². The molecule has 0 saturated carbocycles. The maximum absolute atomic E-state index is 12.2. The number of benzene rings is 1. The Labute approximate surface area is 107 Å². The van der Waals surface area contributed by atoms with Crippen molar-refractivity contribution in [3.63, 3.8) is 0 Å². The molecule has 0 fully saturated rings. The second kappa shape index (κ2) is 6.17. The van der Waals surface area contributed by atoms with Gasteiger partial charge in [-0.25, -0.2) is 12.7 Å². The molecule has 0 saturated heterocycles. The Morgan fingerprint density at radius 2 is 1.94 bits per heavy atom. The summed E-state index contributed by atoms with van der Waals surface area (Å²) in [5, 5.41) is 8.66. The molecule has 1 amide bonds. The van der Waals surface area contributed by atoms with Crippen LogP contribution in [-0.4, -0.2) is 25.2 Å². The van der Waals surface area contributed by atoms with E-state index in [2.05, 4.69) is 0 Å². The maximum atomic E-state index is 12.2. The molecule has 0 aliphatic carbocycles. The van der Waals surface area contributed by atoms with Crippen molar-refractivity contribution in [1.82, 2.24) is 4.31 Å². The third kappa shape index (κ3) is 3.08. The van der Waals surface area contributed by atoms with E-state index in [0.717, 1.165) is 0 Å². The van der Waals surface area contributed by atoms with Gasteiger partial charge in [0.2, 0.25) is 5.91 Å². The van der Waals surface area contributed by atoms with Gasteiger partial charge in [0.1, 0.15) is 6.54 Å². The second-order valence-electron chi connectivity index (χ2n) is 3.63. The van der Waals surface area contributed by atoms with Gasteiger partial charge in [0, 0.05) is 6.42 Å². The lowest BCUT2D eigenvalue weighted by Crippen LogP contribution is -2.37. The molecule has 0 N–H and O–H groups in total. The number of carbonyl (C=O) groups excluding carboxylic acids is 1. The fourth-order valence-corrected chi connectivity index (χ4v) is 2.77. The van der Waals surface area contributed by atoms with Gasteiger partial charge in [-0.2, -0.15) is 5.26 Å². The van der Waals surface area contributed by atoms with Gasteiger partial charge in [0.05, 0.1) is 11.0 Å². The van der Waals surface area contributed by atoms with Crippen LogP contribution in [0, 0.1) is 11.3 Å². The van der Waals surface area contributed by atoms with Crippen LogP contribution in [-0.2, 0) is 14.8 Å². The summed E-state index contributed by atoms with van der Waals surface area (Å²) in [4.78, 5) is 11.8. The molecule has 0 unspecified atom stereocenters. The highest BCUT2D eigenvalue weighted by molar-refractivity contribution is 7.89. The topological polar surface area (TPSA) is 78.2 Å². The summed E-state index contributed by atoms with van der Waals surface area (Å²) in [6, 6.07) is 9.34. The zero-order chi connectivity index (χ0) is 13.6. The van der Waals surface area contributed by atoms with E-state index < -0.39 is 22.5 Å². The van der Waals surface area contributed by atoms with Crippen LogP contribution < -0.4 is 0 Å². The van der Waals surface area contributed by atoms with Crippen LogP contribution >= 0.6 is 0 Å². The van der Waals surface area contributed by atoms with E-state index in [4.69, 9.17) is 5.26 Å². The van der Waals surface area contributed by atoms with E-state index in [1.54, 1.807) is 31.2 Å². The first kappa shape index (κ1) is 14.2. The van der Waals surface area contributed by atoms with Crippen molar-refractivity contribution >= 4 is 15.9 Å². The number of rotatable bonds is 5. The molecular weight excluding hydrogens is 252 g/mol. The van der Waals surface area contributed by atoms with Crippen LogP contribution in [0.1, 0.15) is 19.8 Å². The molecule has 1 rings (SSSR count). The molecule has 0 aromatic heterocycles. The van der Waals surface area contributed by atoms with E-state index in [-0.39, 0.29) is 11.3 Å². The molecule has 0 atom stereocenters. The van der Waals surface area contributed by atoms with Crippen molar-refractivity contribution in [3.8, 4) is 6.07 Å². The zero-order valence-electron chi connectivity index (χ0n) is 10.0. The van der Waals surface area contributed by atoms with E-state index in [1.165, 1.54) is 12.1 Å². The van der Waals surface area contributed by atoms with Gasteiger partial charge in [0.25, 0.3) is 10.0 Å². The van der Waals surface area contributed by atoms with Crippen LogP contribution in [0.15, 0.2) is 35.2 Å². The average molecular weight is 266 g/mol. The minimum Gasteiger partial charge on any atom is -0.274 e. The monoisotopic (exact) mass is 266 g/mol. The summed E-state index contributed by atoms with van der Waals surface area (Å²) in [6.07, 6.45) is 0.638. The van der Waals surface area contributed by atoms with Crippen LogP contribution in [0.5, 0.6) is 0 Å². The van der Waals surface area contributed by atoms with Gasteiger partial charge in [-0.3, -0.25) is 4.79 Å². The molecule has 1 aromatic rings. The Morgan fingerprint density at radius 1 is 1.33 bits per heavy atom. The Kier molecular flexibility index (Phi) is 4.86. The first-order valence-corrected chi connectivity index (χ1v) is 6.95. The highest BCUT2D eigenvalue weighted by Crippen LogP contribution is 2.16. The molecule has 6 heteroatoms. The molecule has 1 aromatic carbocycles. The maximum Gasteiger partial charge on any atom is 0.267 e. The molecule has 0 heterocycles. The van der Waals surface area contributed by atoms with Crippen molar-refractivity contribution < 1.29 is 13.2 Å². The fourth-order valence-electron chi connectivity index (χ4n) is 1.43. The molecule has 18 heavy (non-hydrogen) atoms. The minimum absolute atomic E-state index is 0.0182. The lowest BCUT2D eigenvalue weighted by atomic mass is 10.3. The largest absolute Gasteiger partial charge is 0.274 e. The number of sulfonamides is 1. The lowest BCUT2D eigenvalue weighted by molar-refractivity contribution is -0.126. The second-order valence-corrected chi connectivity index (χ2v) is 5.49. The van der Waals surface area contributed by atoms with Crippen molar-refractivity contribution in [2.45, 2.75) is 24.7 Å². The summed E-state index contributed by atoms with van der Waals surface area (Å²) in [5.74, 6) is -0.553. The highest BCUT2D eigenvalue weighted by atomic mass is 32.2. The molecular formula is C12H14N2O3S. The third-order valence-corrected chi connectivity index (χ3v) is 4.07. The lowest BCUT2D eigenvalue weighted by Gasteiger charge is -2.19. The molecule has 0 bridgehead atoms. The number of nitrogens with zero attached hydrogens (tertiary/aromatic N) is 2. The van der Waals surface area contributed by atoms with E-state index >= 15 is 0 Å². The van der Waals surface area contributed by atoms with Gasteiger partial charge >= 0.3 is 0 Å². The van der Waals surface area contributed by atoms with Crippen LogP contribution in [0.3, 0.4) is 0 Å². The van der Waals surface area contributed by atoms with Crippen molar-refractivity contribution in [2.24, 2.45) is 0 Å². The predicted molar refractivity (Wildman–Crippen MR) is 65.9 cm³/mol. The average Bonchev–Trinajstić information content (AvgIpc) is 2.37. The summed E-state index contributed by atoms with van der Waals surface area (Å²) in [7, 11) is -3.92.